The summed E-state index contributed by atoms with van der Waals surface area (Å²) in [7, 11) is 0. The van der Waals surface area contributed by atoms with Gasteiger partial charge in [-0.15, -0.1) is 0 Å². The molecule has 0 bridgehead atoms. The molecule has 0 fully saturated rings. The molecule has 0 heterocycles. The Morgan fingerprint density at radius 3 is 2.20 bits per heavy atom. The highest BCUT2D eigenvalue weighted by molar-refractivity contribution is 5.05. The van der Waals surface area contributed by atoms with E-state index in [4.69, 9.17) is 0 Å². The third kappa shape index (κ3) is 3.48. The summed E-state index contributed by atoms with van der Waals surface area (Å²) < 4.78 is 0. The van der Waals surface area contributed by atoms with Crippen LogP contribution in [0.5, 0.6) is 0 Å². The lowest BCUT2D eigenvalue weighted by Crippen LogP contribution is -1.50. The molecule has 5 heavy (non-hydrogen) atoms. The molecule has 0 amide bonds. The lowest BCUT2D eigenvalue weighted by atomic mass is 10.4. The van der Waals surface area contributed by atoms with Crippen molar-refractivity contribution >= 4 is 0 Å². The van der Waals surface area contributed by atoms with E-state index in [1.165, 1.54) is 0 Å². The number of hydrogen-bond acceptors (Lipinski definition) is 0. The van der Waals surface area contributed by atoms with Crippen LogP contribution in [0.3, 0.4) is 0 Å². The van der Waals surface area contributed by atoms with E-state index in [-0.39, 0.29) is 1.43 Å². The maximum Gasteiger partial charge on any atom is 0 e. The van der Waals surface area contributed by atoms with Gasteiger partial charge >= 0.3 is 0 Å². The minimum atomic E-state index is 0. The van der Waals surface area contributed by atoms with Crippen molar-refractivity contribution in [2.24, 2.45) is 0 Å². The van der Waals surface area contributed by atoms with E-state index >= 15 is 0 Å². The predicted molar refractivity (Wildman–Crippen MR) is 26.1 cm³/mol. The zero-order valence-corrected chi connectivity index (χ0v) is 3.49. The van der Waals surface area contributed by atoms with Gasteiger partial charge in [-0.05, 0) is 6.92 Å². The average Bonchev–Trinajstić information content (AvgIpc) is 1.38. The molecule has 0 aliphatic heterocycles. The van der Waals surface area contributed by atoms with Crippen molar-refractivity contribution in [1.82, 2.24) is 0 Å². The molecule has 1 radical (unpaired) electrons. The highest BCUT2D eigenvalue weighted by Gasteiger charge is 1.59. The fraction of sp³-hybridized carbons (Fsp3) is 0.200. The largest absolute Gasteiger partial charge is 0.0988 e. The summed E-state index contributed by atoms with van der Waals surface area (Å²) in [6.45, 7) is 8.93. The molecular weight excluding hydrogens is 60.1 g/mol. The van der Waals surface area contributed by atoms with Gasteiger partial charge in [0.25, 0.3) is 0 Å². The van der Waals surface area contributed by atoms with Crippen LogP contribution in [0.4, 0.5) is 0 Å². The van der Waals surface area contributed by atoms with E-state index in [9.17, 15) is 0 Å². The first-order valence-corrected chi connectivity index (χ1v) is 1.55. The first-order valence-electron chi connectivity index (χ1n) is 1.55. The second-order valence-electron chi connectivity index (χ2n) is 1.05. The Balaban J connectivity index is 0. The summed E-state index contributed by atoms with van der Waals surface area (Å²) >= 11 is 0. The molecule has 0 nitrogen and oxygen atoms in total. The number of hydrogen-bond donors (Lipinski definition) is 0. The molecule has 0 aliphatic rings. The summed E-state index contributed by atoms with van der Waals surface area (Å²) in [5.74, 6) is 0. The van der Waals surface area contributed by atoms with Gasteiger partial charge in [0.2, 0.25) is 0 Å². The maximum absolute atomic E-state index is 3.56. The summed E-state index contributed by atoms with van der Waals surface area (Å²) in [6, 6.07) is 0. The van der Waals surface area contributed by atoms with E-state index in [0.717, 1.165) is 5.57 Å². The van der Waals surface area contributed by atoms with Crippen LogP contribution in [0.15, 0.2) is 24.8 Å². The Morgan fingerprint density at radius 2 is 2.20 bits per heavy atom. The molecular formula is C5H9. The van der Waals surface area contributed by atoms with Crippen LogP contribution in [0.1, 0.15) is 8.35 Å². The Bertz CT molecular complexity index is 55.0. The number of rotatable bonds is 1. The normalized spacial score (nSPS) is 6.60. The van der Waals surface area contributed by atoms with Gasteiger partial charge in [-0.25, -0.2) is 0 Å². The van der Waals surface area contributed by atoms with E-state index in [1.807, 2.05) is 6.92 Å². The van der Waals surface area contributed by atoms with Gasteiger partial charge in [0.05, 0.1) is 0 Å². The Hall–Kier alpha value is -0.520. The molecule has 0 atom stereocenters. The van der Waals surface area contributed by atoms with Crippen molar-refractivity contribution in [3.8, 4) is 0 Å². The molecule has 0 saturated carbocycles. The van der Waals surface area contributed by atoms with Gasteiger partial charge in [-0.3, -0.25) is 0 Å². The smallest absolute Gasteiger partial charge is 0 e. The van der Waals surface area contributed by atoms with Gasteiger partial charge in [-0.2, -0.15) is 0 Å². The van der Waals surface area contributed by atoms with E-state index in [2.05, 4.69) is 13.2 Å². The third-order valence-corrected chi connectivity index (χ3v) is 0.348. The van der Waals surface area contributed by atoms with Crippen molar-refractivity contribution < 1.29 is 1.43 Å². The molecule has 0 saturated heterocycles. The van der Waals surface area contributed by atoms with Gasteiger partial charge in [0.15, 0.2) is 0 Å². The van der Waals surface area contributed by atoms with E-state index in [1.54, 1.807) is 6.08 Å². The monoisotopic (exact) mass is 69.1 g/mol. The summed E-state index contributed by atoms with van der Waals surface area (Å²) in [4.78, 5) is 0. The van der Waals surface area contributed by atoms with Gasteiger partial charge in [0, 0.05) is 1.43 Å². The first-order chi connectivity index (χ1) is 2.27. The lowest BCUT2D eigenvalue weighted by Gasteiger charge is -1.71. The molecule has 0 aromatic carbocycles. The number of allylic oxidation sites excluding steroid dienone is 2. The molecule has 0 N–H and O–H groups in total. The van der Waals surface area contributed by atoms with Crippen LogP contribution in [0.2, 0.25) is 0 Å². The molecule has 29 valence electrons. The molecule has 0 aliphatic carbocycles. The van der Waals surface area contributed by atoms with Crippen molar-refractivity contribution in [2.75, 3.05) is 0 Å². The quantitative estimate of drug-likeness (QED) is 0.412. The average molecular weight is 69.1 g/mol. The molecule has 0 unspecified atom stereocenters. The Kier molecular flexibility index (Phi) is 1.58. The highest BCUT2D eigenvalue weighted by Crippen LogP contribution is 1.81. The van der Waals surface area contributed by atoms with Gasteiger partial charge in [0.1, 0.15) is 0 Å². The van der Waals surface area contributed by atoms with Crippen molar-refractivity contribution in [3.63, 3.8) is 0 Å². The van der Waals surface area contributed by atoms with Gasteiger partial charge in [-0.1, -0.05) is 24.8 Å². The van der Waals surface area contributed by atoms with Crippen LogP contribution >= 0.6 is 0 Å². The molecule has 0 aromatic rings. The summed E-state index contributed by atoms with van der Waals surface area (Å²) in [5.41, 5.74) is 1.02. The Morgan fingerprint density at radius 1 is 2.00 bits per heavy atom. The van der Waals surface area contributed by atoms with Crippen LogP contribution in [-0.4, -0.2) is 0 Å². The second-order valence-corrected chi connectivity index (χ2v) is 1.05. The lowest BCUT2D eigenvalue weighted by molar-refractivity contribution is 1.58. The fourth-order valence-corrected chi connectivity index (χ4v) is 0. The van der Waals surface area contributed by atoms with Crippen molar-refractivity contribution in [3.05, 3.63) is 24.8 Å². The van der Waals surface area contributed by atoms with Gasteiger partial charge < -0.3 is 0 Å². The second kappa shape index (κ2) is 1.77. The SMILES string of the molecule is C=CC(=C)C.[H]. The molecule has 0 aromatic heterocycles. The standard InChI is InChI=1S/C5H8.H/c1-4-5(2)3;/h4H,1-2H2,3H3;. The zero-order valence-electron chi connectivity index (χ0n) is 4.49. The van der Waals surface area contributed by atoms with E-state index in [0.29, 0.717) is 0 Å². The summed E-state index contributed by atoms with van der Waals surface area (Å²) in [5, 5.41) is 0. The topological polar surface area (TPSA) is 0 Å². The van der Waals surface area contributed by atoms with E-state index < -0.39 is 0 Å². The highest BCUT2D eigenvalue weighted by atomic mass is 13.7. The minimum Gasteiger partial charge on any atom is -0.0988 e. The molecule has 0 heteroatoms. The zero-order chi connectivity index (χ0) is 4.28. The van der Waals surface area contributed by atoms with Crippen LogP contribution < -0.4 is 0 Å². The maximum atomic E-state index is 3.56. The minimum absolute atomic E-state index is 0. The first kappa shape index (κ1) is 4.48. The Labute approximate surface area is 34.3 Å². The predicted octanol–water partition coefficient (Wildman–Crippen LogP) is 1.86. The van der Waals surface area contributed by atoms with Crippen LogP contribution in [0, 0.1) is 0 Å². The van der Waals surface area contributed by atoms with Crippen LogP contribution in [-0.2, 0) is 0 Å². The van der Waals surface area contributed by atoms with Crippen LogP contribution in [0.25, 0.3) is 0 Å². The van der Waals surface area contributed by atoms with Crippen molar-refractivity contribution in [2.45, 2.75) is 6.92 Å². The molecule has 0 spiro atoms. The third-order valence-electron chi connectivity index (χ3n) is 0.348. The fourth-order valence-electron chi connectivity index (χ4n) is 0. The molecule has 0 rings (SSSR count). The summed E-state index contributed by atoms with van der Waals surface area (Å²) in [6.07, 6.45) is 1.72. The van der Waals surface area contributed by atoms with Crippen molar-refractivity contribution in [1.29, 1.82) is 0 Å².